The number of likely N-dealkylation sites (N-methyl/N-ethyl adjacent to an activating group) is 1. The first-order valence-corrected chi connectivity index (χ1v) is 8.78. The molecule has 2 aromatic rings. The summed E-state index contributed by atoms with van der Waals surface area (Å²) in [4.78, 5) is 15.8. The maximum absolute atomic E-state index is 10.9. The molecule has 24 heavy (non-hydrogen) atoms. The summed E-state index contributed by atoms with van der Waals surface area (Å²) in [6.07, 6.45) is 2.02. The van der Waals surface area contributed by atoms with Gasteiger partial charge in [0.1, 0.15) is 0 Å². The third kappa shape index (κ3) is 4.23. The Balaban J connectivity index is 1.69. The Morgan fingerprint density at radius 2 is 1.75 bits per heavy atom. The number of carbonyl (C=O) groups excluding carboxylic acids is 1. The molecular weight excluding hydrogens is 320 g/mol. The van der Waals surface area contributed by atoms with E-state index in [9.17, 15) is 4.79 Å². The molecule has 0 aliphatic carbocycles. The van der Waals surface area contributed by atoms with Crippen LogP contribution in [0.3, 0.4) is 0 Å². The van der Waals surface area contributed by atoms with Gasteiger partial charge in [0.2, 0.25) is 0 Å². The maximum atomic E-state index is 10.9. The van der Waals surface area contributed by atoms with Crippen LogP contribution >= 0.6 is 11.6 Å². The lowest BCUT2D eigenvalue weighted by molar-refractivity contribution is 0.112. The highest BCUT2D eigenvalue weighted by molar-refractivity contribution is 6.33. The molecule has 0 amide bonds. The molecule has 0 aromatic heterocycles. The highest BCUT2D eigenvalue weighted by Gasteiger charge is 2.12. The topological polar surface area (TPSA) is 23.6 Å². The van der Waals surface area contributed by atoms with Crippen LogP contribution in [0.25, 0.3) is 11.1 Å². The van der Waals surface area contributed by atoms with Crippen LogP contribution in [-0.2, 0) is 6.54 Å². The minimum atomic E-state index is 0.500. The third-order valence-electron chi connectivity index (χ3n) is 4.63. The van der Waals surface area contributed by atoms with Gasteiger partial charge in [-0.15, -0.1) is 0 Å². The number of benzene rings is 2. The summed E-state index contributed by atoms with van der Waals surface area (Å²) in [5.74, 6) is 0. The molecule has 4 heteroatoms. The molecule has 0 radical (unpaired) electrons. The average molecular weight is 343 g/mol. The van der Waals surface area contributed by atoms with E-state index in [4.69, 9.17) is 11.6 Å². The van der Waals surface area contributed by atoms with Crippen LogP contribution in [0.5, 0.6) is 0 Å². The number of halogens is 1. The second kappa shape index (κ2) is 7.93. The Bertz CT molecular complexity index is 699. The first kappa shape index (κ1) is 17.2. The molecule has 0 bridgehead atoms. The molecule has 1 aliphatic heterocycles. The summed E-state index contributed by atoms with van der Waals surface area (Å²) < 4.78 is 0. The quantitative estimate of drug-likeness (QED) is 0.786. The first-order valence-electron chi connectivity index (χ1n) is 8.40. The predicted octanol–water partition coefficient (Wildman–Crippen LogP) is 3.96. The highest BCUT2D eigenvalue weighted by Crippen LogP contribution is 2.25. The van der Waals surface area contributed by atoms with Crippen molar-refractivity contribution in [2.75, 3.05) is 33.2 Å². The standard InChI is InChI=1S/C20H23ClN2O/c1-22-9-2-10-23(12-11-22)14-16-3-5-17(6-4-16)18-7-8-19(15-24)20(21)13-18/h3-8,13,15H,2,9-12,14H2,1H3. The first-order chi connectivity index (χ1) is 11.7. The van der Waals surface area contributed by atoms with Gasteiger partial charge in [0.05, 0.1) is 5.02 Å². The molecular formula is C20H23ClN2O. The molecule has 0 saturated carbocycles. The van der Waals surface area contributed by atoms with E-state index < -0.39 is 0 Å². The molecule has 2 aromatic carbocycles. The molecule has 3 rings (SSSR count). The second-order valence-electron chi connectivity index (χ2n) is 6.48. The minimum Gasteiger partial charge on any atom is -0.305 e. The van der Waals surface area contributed by atoms with E-state index >= 15 is 0 Å². The number of hydrogen-bond acceptors (Lipinski definition) is 3. The van der Waals surface area contributed by atoms with Crippen molar-refractivity contribution >= 4 is 17.9 Å². The number of hydrogen-bond donors (Lipinski definition) is 0. The summed E-state index contributed by atoms with van der Waals surface area (Å²) in [6, 6.07) is 14.2. The predicted molar refractivity (Wildman–Crippen MR) is 99.7 cm³/mol. The van der Waals surface area contributed by atoms with E-state index in [-0.39, 0.29) is 0 Å². The molecule has 126 valence electrons. The third-order valence-corrected chi connectivity index (χ3v) is 4.96. The largest absolute Gasteiger partial charge is 0.305 e. The van der Waals surface area contributed by atoms with Crippen molar-refractivity contribution in [1.29, 1.82) is 0 Å². The van der Waals surface area contributed by atoms with Crippen LogP contribution in [0.1, 0.15) is 22.3 Å². The Kier molecular flexibility index (Phi) is 5.67. The van der Waals surface area contributed by atoms with E-state index in [1.165, 1.54) is 18.5 Å². The van der Waals surface area contributed by atoms with Crippen molar-refractivity contribution in [3.8, 4) is 11.1 Å². The Hall–Kier alpha value is -1.68. The van der Waals surface area contributed by atoms with Gasteiger partial charge in [-0.3, -0.25) is 9.69 Å². The molecule has 0 unspecified atom stereocenters. The van der Waals surface area contributed by atoms with E-state index in [0.29, 0.717) is 10.6 Å². The van der Waals surface area contributed by atoms with Gasteiger partial charge in [0, 0.05) is 25.2 Å². The van der Waals surface area contributed by atoms with Gasteiger partial charge in [0.25, 0.3) is 0 Å². The molecule has 1 saturated heterocycles. The monoisotopic (exact) mass is 342 g/mol. The fourth-order valence-corrected chi connectivity index (χ4v) is 3.35. The zero-order valence-electron chi connectivity index (χ0n) is 14.0. The normalized spacial score (nSPS) is 16.8. The number of nitrogens with zero attached hydrogens (tertiary/aromatic N) is 2. The van der Waals surface area contributed by atoms with Crippen molar-refractivity contribution in [2.45, 2.75) is 13.0 Å². The molecule has 0 atom stereocenters. The highest BCUT2D eigenvalue weighted by atomic mass is 35.5. The zero-order valence-corrected chi connectivity index (χ0v) is 14.8. The van der Waals surface area contributed by atoms with Crippen LogP contribution in [0.2, 0.25) is 5.02 Å². The lowest BCUT2D eigenvalue weighted by atomic mass is 10.0. The maximum Gasteiger partial charge on any atom is 0.151 e. The second-order valence-corrected chi connectivity index (χ2v) is 6.89. The summed E-state index contributed by atoms with van der Waals surface area (Å²) in [6.45, 7) is 5.61. The Labute approximate surface area is 148 Å². The van der Waals surface area contributed by atoms with Crippen LogP contribution in [-0.4, -0.2) is 49.3 Å². The smallest absolute Gasteiger partial charge is 0.151 e. The summed E-state index contributed by atoms with van der Waals surface area (Å²) in [5, 5.41) is 0.500. The number of rotatable bonds is 4. The summed E-state index contributed by atoms with van der Waals surface area (Å²) in [5.41, 5.74) is 4.02. The van der Waals surface area contributed by atoms with Crippen molar-refractivity contribution in [1.82, 2.24) is 9.80 Å². The number of aldehydes is 1. The molecule has 0 N–H and O–H groups in total. The number of carbonyl (C=O) groups is 1. The van der Waals surface area contributed by atoms with Crippen molar-refractivity contribution < 1.29 is 4.79 Å². The van der Waals surface area contributed by atoms with Crippen LogP contribution in [0.4, 0.5) is 0 Å². The minimum absolute atomic E-state index is 0.500. The molecule has 3 nitrogen and oxygen atoms in total. The van der Waals surface area contributed by atoms with E-state index in [2.05, 4.69) is 41.1 Å². The van der Waals surface area contributed by atoms with Gasteiger partial charge >= 0.3 is 0 Å². The van der Waals surface area contributed by atoms with Crippen LogP contribution < -0.4 is 0 Å². The Morgan fingerprint density at radius 1 is 1.00 bits per heavy atom. The van der Waals surface area contributed by atoms with Crippen LogP contribution in [0, 0.1) is 0 Å². The van der Waals surface area contributed by atoms with Gasteiger partial charge in [-0.1, -0.05) is 41.9 Å². The van der Waals surface area contributed by atoms with Gasteiger partial charge < -0.3 is 4.90 Å². The average Bonchev–Trinajstić information content (AvgIpc) is 2.80. The van der Waals surface area contributed by atoms with Crippen LogP contribution in [0.15, 0.2) is 42.5 Å². The Morgan fingerprint density at radius 3 is 2.46 bits per heavy atom. The van der Waals surface area contributed by atoms with Gasteiger partial charge in [-0.05, 0) is 55.4 Å². The lowest BCUT2D eigenvalue weighted by Gasteiger charge is -2.20. The lowest BCUT2D eigenvalue weighted by Crippen LogP contribution is -2.28. The fraction of sp³-hybridized carbons (Fsp3) is 0.350. The van der Waals surface area contributed by atoms with Gasteiger partial charge in [-0.25, -0.2) is 0 Å². The molecule has 1 heterocycles. The summed E-state index contributed by atoms with van der Waals surface area (Å²) >= 11 is 6.12. The van der Waals surface area contributed by atoms with Gasteiger partial charge in [0.15, 0.2) is 6.29 Å². The van der Waals surface area contributed by atoms with Crippen molar-refractivity contribution in [3.63, 3.8) is 0 Å². The molecule has 1 aliphatic rings. The SMILES string of the molecule is CN1CCCN(Cc2ccc(-c3ccc(C=O)c(Cl)c3)cc2)CC1. The van der Waals surface area contributed by atoms with Crippen molar-refractivity contribution in [3.05, 3.63) is 58.6 Å². The molecule has 1 fully saturated rings. The zero-order chi connectivity index (χ0) is 16.9. The van der Waals surface area contributed by atoms with E-state index in [0.717, 1.165) is 43.6 Å². The van der Waals surface area contributed by atoms with Gasteiger partial charge in [-0.2, -0.15) is 0 Å². The van der Waals surface area contributed by atoms with Crippen molar-refractivity contribution in [2.24, 2.45) is 0 Å². The van der Waals surface area contributed by atoms with E-state index in [1.54, 1.807) is 6.07 Å². The fourth-order valence-electron chi connectivity index (χ4n) is 3.12. The molecule has 0 spiro atoms. The summed E-state index contributed by atoms with van der Waals surface area (Å²) in [7, 11) is 2.19. The van der Waals surface area contributed by atoms with E-state index in [1.807, 2.05) is 12.1 Å².